The summed E-state index contributed by atoms with van der Waals surface area (Å²) in [4.78, 5) is 24.6. The second-order valence-corrected chi connectivity index (χ2v) is 6.17. The highest BCUT2D eigenvalue weighted by Crippen LogP contribution is 2.26. The number of hydrogen-bond acceptors (Lipinski definition) is 3. The molecule has 1 aromatic carbocycles. The molecular weight excluding hydrogens is 346 g/mol. The lowest BCUT2D eigenvalue weighted by molar-refractivity contribution is -0.137. The number of aliphatic carboxylic acids is 1. The molecule has 1 saturated heterocycles. The molecule has 1 aromatic heterocycles. The molecule has 2 aromatic rings. The number of amides is 2. The maximum Gasteiger partial charge on any atom is 0.325 e. The van der Waals surface area contributed by atoms with E-state index in [0.29, 0.717) is 18.8 Å². The summed E-state index contributed by atoms with van der Waals surface area (Å²) < 4.78 is 28.2. The first-order chi connectivity index (χ1) is 12.4. The molecular formula is C17H18F2N4O3. The first-order valence-electron chi connectivity index (χ1n) is 8.18. The van der Waals surface area contributed by atoms with Gasteiger partial charge in [0.05, 0.1) is 11.4 Å². The molecule has 7 nitrogen and oxygen atoms in total. The predicted octanol–water partition coefficient (Wildman–Crippen LogP) is 2.66. The minimum Gasteiger partial charge on any atom is -0.480 e. The van der Waals surface area contributed by atoms with Gasteiger partial charge in [-0.3, -0.25) is 9.48 Å². The highest BCUT2D eigenvalue weighted by molar-refractivity contribution is 5.89. The Kier molecular flexibility index (Phi) is 5.15. The van der Waals surface area contributed by atoms with Crippen LogP contribution in [0.15, 0.2) is 30.5 Å². The van der Waals surface area contributed by atoms with E-state index < -0.39 is 23.6 Å². The summed E-state index contributed by atoms with van der Waals surface area (Å²) in [6.45, 7) is 0.637. The monoisotopic (exact) mass is 364 g/mol. The molecule has 138 valence electrons. The Bertz CT molecular complexity index is 824. The zero-order valence-corrected chi connectivity index (χ0v) is 13.9. The number of carboxylic acid groups (broad SMARTS) is 1. The first-order valence-corrected chi connectivity index (χ1v) is 8.18. The van der Waals surface area contributed by atoms with E-state index in [4.69, 9.17) is 5.11 Å². The predicted molar refractivity (Wildman–Crippen MR) is 88.8 cm³/mol. The molecule has 3 rings (SSSR count). The summed E-state index contributed by atoms with van der Waals surface area (Å²) in [5.74, 6) is -2.37. The number of carboxylic acids is 1. The molecule has 0 aliphatic carbocycles. The van der Waals surface area contributed by atoms with Crippen molar-refractivity contribution in [2.24, 2.45) is 0 Å². The molecule has 0 radical (unpaired) electrons. The second-order valence-electron chi connectivity index (χ2n) is 6.17. The van der Waals surface area contributed by atoms with Crippen LogP contribution in [-0.2, 0) is 11.3 Å². The van der Waals surface area contributed by atoms with E-state index in [-0.39, 0.29) is 18.2 Å². The topological polar surface area (TPSA) is 87.5 Å². The maximum absolute atomic E-state index is 13.7. The smallest absolute Gasteiger partial charge is 0.325 e. The third kappa shape index (κ3) is 4.16. The molecule has 2 N–H and O–H groups in total. The Labute approximate surface area is 148 Å². The number of anilines is 1. The molecule has 0 spiro atoms. The zero-order chi connectivity index (χ0) is 18.7. The Morgan fingerprint density at radius 1 is 1.31 bits per heavy atom. The summed E-state index contributed by atoms with van der Waals surface area (Å²) in [6.07, 6.45) is 3.13. The van der Waals surface area contributed by atoms with Crippen molar-refractivity contribution in [2.75, 3.05) is 18.4 Å². The molecule has 0 bridgehead atoms. The van der Waals surface area contributed by atoms with Crippen LogP contribution in [0.1, 0.15) is 24.5 Å². The SMILES string of the molecule is O=C(O)Cn1ccc([C@H]2CCCN(C(=O)Nc3cc(F)ccc3F)C2)n1. The van der Waals surface area contributed by atoms with Gasteiger partial charge < -0.3 is 15.3 Å². The van der Waals surface area contributed by atoms with Gasteiger partial charge in [0.1, 0.15) is 18.2 Å². The highest BCUT2D eigenvalue weighted by Gasteiger charge is 2.27. The quantitative estimate of drug-likeness (QED) is 0.873. The van der Waals surface area contributed by atoms with E-state index in [1.165, 1.54) is 9.58 Å². The molecule has 1 aliphatic rings. The van der Waals surface area contributed by atoms with Crippen molar-refractivity contribution in [2.45, 2.75) is 25.3 Å². The lowest BCUT2D eigenvalue weighted by atomic mass is 9.95. The third-order valence-electron chi connectivity index (χ3n) is 4.26. The summed E-state index contributed by atoms with van der Waals surface area (Å²) >= 11 is 0. The molecule has 26 heavy (non-hydrogen) atoms. The maximum atomic E-state index is 13.7. The number of aromatic nitrogens is 2. The van der Waals surface area contributed by atoms with Gasteiger partial charge in [-0.25, -0.2) is 13.6 Å². The molecule has 1 atom stereocenters. The number of likely N-dealkylation sites (tertiary alicyclic amines) is 1. The second kappa shape index (κ2) is 7.51. The van der Waals surface area contributed by atoms with Gasteiger partial charge in [-0.1, -0.05) is 0 Å². The standard InChI is InChI=1S/C17H18F2N4O3/c18-12-3-4-13(19)15(8-12)20-17(26)22-6-1-2-11(9-22)14-5-7-23(21-14)10-16(24)25/h3-5,7-8,11H,1-2,6,9-10H2,(H,20,26)(H,24,25)/t11-/m0/s1. The van der Waals surface area contributed by atoms with Gasteiger partial charge in [-0.05, 0) is 31.0 Å². The van der Waals surface area contributed by atoms with Gasteiger partial charge in [0.2, 0.25) is 0 Å². The van der Waals surface area contributed by atoms with Gasteiger partial charge in [0, 0.05) is 31.3 Å². The summed E-state index contributed by atoms with van der Waals surface area (Å²) in [6, 6.07) is 4.10. The number of urea groups is 1. The van der Waals surface area contributed by atoms with E-state index in [0.717, 1.165) is 31.0 Å². The zero-order valence-electron chi connectivity index (χ0n) is 13.9. The number of piperidine rings is 1. The average molecular weight is 364 g/mol. The number of rotatable bonds is 4. The lowest BCUT2D eigenvalue weighted by Crippen LogP contribution is -2.41. The molecule has 1 aliphatic heterocycles. The van der Waals surface area contributed by atoms with Crippen molar-refractivity contribution < 1.29 is 23.5 Å². The normalized spacial score (nSPS) is 17.2. The fraction of sp³-hybridized carbons (Fsp3) is 0.353. The number of nitrogens with one attached hydrogen (secondary N) is 1. The molecule has 0 saturated carbocycles. The molecule has 0 unspecified atom stereocenters. The fourth-order valence-corrected chi connectivity index (χ4v) is 3.01. The minimum absolute atomic E-state index is 0.0399. The van der Waals surface area contributed by atoms with Crippen molar-refractivity contribution in [1.82, 2.24) is 14.7 Å². The van der Waals surface area contributed by atoms with E-state index in [9.17, 15) is 18.4 Å². The molecule has 9 heteroatoms. The van der Waals surface area contributed by atoms with Gasteiger partial charge >= 0.3 is 12.0 Å². The Morgan fingerprint density at radius 3 is 2.88 bits per heavy atom. The Balaban J connectivity index is 1.66. The van der Waals surface area contributed by atoms with Crippen LogP contribution in [0.2, 0.25) is 0 Å². The number of halogens is 2. The third-order valence-corrected chi connectivity index (χ3v) is 4.26. The van der Waals surface area contributed by atoms with Crippen molar-refractivity contribution in [3.8, 4) is 0 Å². The van der Waals surface area contributed by atoms with Crippen LogP contribution in [0.4, 0.5) is 19.3 Å². The number of nitrogens with zero attached hydrogens (tertiary/aromatic N) is 3. The number of carbonyl (C=O) groups excluding carboxylic acids is 1. The highest BCUT2D eigenvalue weighted by atomic mass is 19.1. The summed E-state index contributed by atoms with van der Waals surface area (Å²) in [5, 5.41) is 15.4. The van der Waals surface area contributed by atoms with Crippen LogP contribution in [-0.4, -0.2) is 44.9 Å². The number of carbonyl (C=O) groups is 2. The van der Waals surface area contributed by atoms with Crippen molar-refractivity contribution in [3.05, 3.63) is 47.8 Å². The van der Waals surface area contributed by atoms with Crippen LogP contribution in [0.5, 0.6) is 0 Å². The molecule has 2 heterocycles. The number of benzene rings is 1. The van der Waals surface area contributed by atoms with Gasteiger partial charge in [0.15, 0.2) is 0 Å². The van der Waals surface area contributed by atoms with Crippen molar-refractivity contribution >= 4 is 17.7 Å². The van der Waals surface area contributed by atoms with E-state index in [1.54, 1.807) is 12.3 Å². The van der Waals surface area contributed by atoms with Gasteiger partial charge in [0.25, 0.3) is 0 Å². The number of hydrogen-bond donors (Lipinski definition) is 2. The van der Waals surface area contributed by atoms with Crippen LogP contribution in [0, 0.1) is 11.6 Å². The van der Waals surface area contributed by atoms with Crippen LogP contribution in [0.3, 0.4) is 0 Å². The first kappa shape index (κ1) is 17.8. The van der Waals surface area contributed by atoms with E-state index >= 15 is 0 Å². The molecule has 2 amide bonds. The van der Waals surface area contributed by atoms with Crippen molar-refractivity contribution in [1.29, 1.82) is 0 Å². The minimum atomic E-state index is -0.985. The largest absolute Gasteiger partial charge is 0.480 e. The van der Waals surface area contributed by atoms with E-state index in [1.807, 2.05) is 0 Å². The summed E-state index contributed by atoms with van der Waals surface area (Å²) in [5.41, 5.74) is 0.503. The Hall–Kier alpha value is -2.97. The van der Waals surface area contributed by atoms with Crippen LogP contribution >= 0.6 is 0 Å². The average Bonchev–Trinajstić information content (AvgIpc) is 3.06. The van der Waals surface area contributed by atoms with Crippen molar-refractivity contribution in [3.63, 3.8) is 0 Å². The van der Waals surface area contributed by atoms with Crippen LogP contribution in [0.25, 0.3) is 0 Å². The van der Waals surface area contributed by atoms with E-state index in [2.05, 4.69) is 10.4 Å². The van der Waals surface area contributed by atoms with Gasteiger partial charge in [-0.2, -0.15) is 5.10 Å². The molecule has 1 fully saturated rings. The van der Waals surface area contributed by atoms with Crippen LogP contribution < -0.4 is 5.32 Å². The lowest BCUT2D eigenvalue weighted by Gasteiger charge is -2.32. The van der Waals surface area contributed by atoms with Gasteiger partial charge in [-0.15, -0.1) is 0 Å². The summed E-state index contributed by atoms with van der Waals surface area (Å²) in [7, 11) is 0. The fourth-order valence-electron chi connectivity index (χ4n) is 3.01. The Morgan fingerprint density at radius 2 is 2.12 bits per heavy atom.